The topological polar surface area (TPSA) is 20.3 Å². The van der Waals surface area contributed by atoms with Crippen LogP contribution in [0.15, 0.2) is 0 Å². The van der Waals surface area contributed by atoms with Gasteiger partial charge in [-0.3, -0.25) is 4.79 Å². The molecule has 16 heavy (non-hydrogen) atoms. The summed E-state index contributed by atoms with van der Waals surface area (Å²) in [5.74, 6) is -1.15. The summed E-state index contributed by atoms with van der Waals surface area (Å²) in [6, 6.07) is -3.71. The highest BCUT2D eigenvalue weighted by molar-refractivity contribution is 9.09. The third kappa shape index (κ3) is 2.80. The third-order valence-corrected chi connectivity index (χ3v) is 2.66. The third-order valence-electron chi connectivity index (χ3n) is 2.04. The van der Waals surface area contributed by atoms with Gasteiger partial charge in [0.15, 0.2) is 0 Å². The summed E-state index contributed by atoms with van der Waals surface area (Å²) < 4.78 is 73.4. The van der Waals surface area contributed by atoms with Gasteiger partial charge in [-0.1, -0.05) is 15.9 Å². The molecule has 1 unspecified atom stereocenters. The summed E-state index contributed by atoms with van der Waals surface area (Å²) in [4.78, 5) is 10.2. The van der Waals surface area contributed by atoms with E-state index in [0.29, 0.717) is 0 Å². The highest BCUT2D eigenvalue weighted by Crippen LogP contribution is 2.39. The second-order valence-corrected chi connectivity index (χ2v) is 4.63. The summed E-state index contributed by atoms with van der Waals surface area (Å²) >= 11 is 2.82. The van der Waals surface area contributed by atoms with Crippen molar-refractivity contribution in [2.75, 3.05) is 6.54 Å². The summed E-state index contributed by atoms with van der Waals surface area (Å²) in [6.45, 7) is -0.595. The lowest BCUT2D eigenvalue weighted by molar-refractivity contribution is -0.282. The molecule has 0 N–H and O–H groups in total. The van der Waals surface area contributed by atoms with Crippen molar-refractivity contribution in [3.05, 3.63) is 0 Å². The monoisotopic (exact) mass is 313 g/mol. The molecule has 1 fully saturated rings. The van der Waals surface area contributed by atoms with E-state index in [2.05, 4.69) is 15.9 Å². The van der Waals surface area contributed by atoms with Crippen LogP contribution in [0.1, 0.15) is 6.42 Å². The van der Waals surface area contributed by atoms with Crippen LogP contribution in [0.5, 0.6) is 0 Å². The van der Waals surface area contributed by atoms with Gasteiger partial charge < -0.3 is 4.90 Å². The molecule has 1 heterocycles. The number of hydrogen-bond acceptors (Lipinski definition) is 1. The van der Waals surface area contributed by atoms with Crippen LogP contribution >= 0.6 is 15.9 Å². The zero-order valence-corrected chi connectivity index (χ0v) is 9.16. The minimum Gasteiger partial charge on any atom is -0.322 e. The number of nitrogens with zero attached hydrogens (tertiary/aromatic N) is 1. The standard InChI is InChI=1S/C7H6BrF6NO/c8-3-1-4(16)15(2-3)5(6(9,10)11)7(12,13)14/h3,5H,1-2H2. The van der Waals surface area contributed by atoms with Crippen molar-refractivity contribution in [1.29, 1.82) is 0 Å². The number of halogens is 7. The van der Waals surface area contributed by atoms with Gasteiger partial charge >= 0.3 is 12.4 Å². The Morgan fingerprint density at radius 3 is 1.88 bits per heavy atom. The predicted molar refractivity (Wildman–Crippen MR) is 44.9 cm³/mol. The van der Waals surface area contributed by atoms with Gasteiger partial charge in [0.25, 0.3) is 0 Å². The van der Waals surface area contributed by atoms with E-state index in [1.807, 2.05) is 0 Å². The van der Waals surface area contributed by atoms with E-state index in [0.717, 1.165) is 0 Å². The predicted octanol–water partition coefficient (Wildman–Crippen LogP) is 2.48. The molecule has 0 aliphatic carbocycles. The van der Waals surface area contributed by atoms with Crippen LogP contribution in [0.25, 0.3) is 0 Å². The molecular formula is C7H6BrF6NO. The van der Waals surface area contributed by atoms with E-state index >= 15 is 0 Å². The van der Waals surface area contributed by atoms with Gasteiger partial charge in [-0.05, 0) is 0 Å². The average Bonchev–Trinajstić information content (AvgIpc) is 2.23. The first-order valence-corrected chi connectivity index (χ1v) is 5.02. The molecule has 0 bridgehead atoms. The highest BCUT2D eigenvalue weighted by Gasteiger charge is 2.62. The molecule has 0 aromatic rings. The van der Waals surface area contributed by atoms with Crippen LogP contribution in [-0.4, -0.2) is 40.6 Å². The Morgan fingerprint density at radius 1 is 1.19 bits per heavy atom. The van der Waals surface area contributed by atoms with Crippen molar-refractivity contribution in [2.24, 2.45) is 0 Å². The Morgan fingerprint density at radius 2 is 1.62 bits per heavy atom. The van der Waals surface area contributed by atoms with E-state index < -0.39 is 35.7 Å². The molecule has 1 atom stereocenters. The maximum Gasteiger partial charge on any atom is 0.417 e. The highest BCUT2D eigenvalue weighted by atomic mass is 79.9. The Labute approximate surface area is 94.7 Å². The fourth-order valence-electron chi connectivity index (χ4n) is 1.47. The number of amides is 1. The molecule has 9 heteroatoms. The minimum absolute atomic E-state index is 0.181. The number of rotatable bonds is 1. The van der Waals surface area contributed by atoms with Gasteiger partial charge in [0.1, 0.15) is 0 Å². The van der Waals surface area contributed by atoms with Gasteiger partial charge in [-0.25, -0.2) is 0 Å². The van der Waals surface area contributed by atoms with E-state index in [9.17, 15) is 31.1 Å². The van der Waals surface area contributed by atoms with Gasteiger partial charge in [0.05, 0.1) is 0 Å². The van der Waals surface area contributed by atoms with Gasteiger partial charge in [-0.15, -0.1) is 0 Å². The molecule has 0 aromatic heterocycles. The second kappa shape index (κ2) is 4.08. The Kier molecular flexibility index (Phi) is 3.47. The van der Waals surface area contributed by atoms with E-state index in [1.165, 1.54) is 0 Å². The fourth-order valence-corrected chi connectivity index (χ4v) is 2.06. The normalized spacial score (nSPS) is 23.4. The number of alkyl halides is 7. The molecule has 0 spiro atoms. The summed E-state index contributed by atoms with van der Waals surface area (Å²) in [7, 11) is 0. The molecule has 1 aliphatic heterocycles. The lowest BCUT2D eigenvalue weighted by Gasteiger charge is -2.31. The van der Waals surface area contributed by atoms with Crippen molar-refractivity contribution >= 4 is 21.8 Å². The molecular weight excluding hydrogens is 308 g/mol. The summed E-state index contributed by atoms with van der Waals surface area (Å²) in [5.41, 5.74) is 0. The van der Waals surface area contributed by atoms with Crippen molar-refractivity contribution in [3.63, 3.8) is 0 Å². The first kappa shape index (κ1) is 13.6. The molecule has 1 amide bonds. The molecule has 2 nitrogen and oxygen atoms in total. The largest absolute Gasteiger partial charge is 0.417 e. The first-order chi connectivity index (χ1) is 7.03. The SMILES string of the molecule is O=C1CC(Br)CN1C(C(F)(F)F)C(F)(F)F. The first-order valence-electron chi connectivity index (χ1n) is 4.10. The van der Waals surface area contributed by atoms with E-state index in [4.69, 9.17) is 0 Å². The Hall–Kier alpha value is -0.470. The maximum absolute atomic E-state index is 12.2. The Balaban J connectivity index is 2.99. The molecule has 1 aliphatic rings. The smallest absolute Gasteiger partial charge is 0.322 e. The van der Waals surface area contributed by atoms with Crippen molar-refractivity contribution in [2.45, 2.75) is 29.6 Å². The van der Waals surface area contributed by atoms with Crippen LogP contribution in [-0.2, 0) is 4.79 Å². The minimum atomic E-state index is -5.51. The fraction of sp³-hybridized carbons (Fsp3) is 0.857. The molecule has 94 valence electrons. The molecule has 1 rings (SSSR count). The molecule has 1 saturated heterocycles. The quantitative estimate of drug-likeness (QED) is 0.538. The van der Waals surface area contributed by atoms with Crippen LogP contribution in [0.2, 0.25) is 0 Å². The van der Waals surface area contributed by atoms with Crippen molar-refractivity contribution in [1.82, 2.24) is 4.90 Å². The van der Waals surface area contributed by atoms with Crippen LogP contribution in [0, 0.1) is 0 Å². The summed E-state index contributed by atoms with van der Waals surface area (Å²) in [6.07, 6.45) is -11.4. The van der Waals surface area contributed by atoms with Gasteiger partial charge in [0.2, 0.25) is 11.9 Å². The lowest BCUT2D eigenvalue weighted by atomic mass is 10.2. The van der Waals surface area contributed by atoms with E-state index in [1.54, 1.807) is 0 Å². The van der Waals surface area contributed by atoms with Crippen LogP contribution < -0.4 is 0 Å². The second-order valence-electron chi connectivity index (χ2n) is 3.33. The van der Waals surface area contributed by atoms with Gasteiger partial charge in [0, 0.05) is 17.8 Å². The van der Waals surface area contributed by atoms with E-state index in [-0.39, 0.29) is 11.3 Å². The zero-order chi connectivity index (χ0) is 12.7. The molecule has 0 radical (unpaired) electrons. The number of hydrogen-bond donors (Lipinski definition) is 0. The lowest BCUT2D eigenvalue weighted by Crippen LogP contribution is -2.55. The maximum atomic E-state index is 12.2. The average molecular weight is 314 g/mol. The van der Waals surface area contributed by atoms with Crippen molar-refractivity contribution in [3.8, 4) is 0 Å². The van der Waals surface area contributed by atoms with Crippen LogP contribution in [0.3, 0.4) is 0 Å². The number of carbonyl (C=O) groups is 1. The number of carbonyl (C=O) groups excluding carboxylic acids is 1. The Bertz CT molecular complexity index is 274. The van der Waals surface area contributed by atoms with Crippen LogP contribution in [0.4, 0.5) is 26.3 Å². The van der Waals surface area contributed by atoms with Gasteiger partial charge in [-0.2, -0.15) is 26.3 Å². The number of likely N-dealkylation sites (tertiary alicyclic amines) is 1. The molecule has 0 aromatic carbocycles. The summed E-state index contributed by atoms with van der Waals surface area (Å²) in [5, 5.41) is 0. The molecule has 0 saturated carbocycles. The van der Waals surface area contributed by atoms with Crippen molar-refractivity contribution < 1.29 is 31.1 Å². The zero-order valence-electron chi connectivity index (χ0n) is 7.57.